The highest BCUT2D eigenvalue weighted by atomic mass is 32.2. The van der Waals surface area contributed by atoms with E-state index in [1.54, 1.807) is 16.4 Å². The fraction of sp³-hybridized carbons (Fsp3) is 0.667. The minimum absolute atomic E-state index is 0.0324. The van der Waals surface area contributed by atoms with Crippen LogP contribution in [0.2, 0.25) is 0 Å². The van der Waals surface area contributed by atoms with E-state index < -0.39 is 10.0 Å². The van der Waals surface area contributed by atoms with Crippen molar-refractivity contribution in [3.63, 3.8) is 0 Å². The van der Waals surface area contributed by atoms with Gasteiger partial charge in [-0.2, -0.15) is 4.31 Å². The largest absolute Gasteiger partial charge is 0.298 e. The van der Waals surface area contributed by atoms with Crippen LogP contribution in [0.1, 0.15) is 39.7 Å². The second kappa shape index (κ2) is 5.57. The predicted molar refractivity (Wildman–Crippen MR) is 93.0 cm³/mol. The normalized spacial score (nSPS) is 29.9. The Balaban J connectivity index is 1.85. The molecular weight excluding hydrogens is 308 g/mol. The lowest BCUT2D eigenvalue weighted by molar-refractivity contribution is 0.131. The summed E-state index contributed by atoms with van der Waals surface area (Å²) in [5.74, 6) is 0.563. The maximum atomic E-state index is 13.0. The third-order valence-electron chi connectivity index (χ3n) is 5.56. The van der Waals surface area contributed by atoms with Crippen molar-refractivity contribution < 1.29 is 8.42 Å². The van der Waals surface area contributed by atoms with Gasteiger partial charge in [0.05, 0.1) is 4.90 Å². The van der Waals surface area contributed by atoms with Crippen LogP contribution in [0.15, 0.2) is 29.2 Å². The van der Waals surface area contributed by atoms with Gasteiger partial charge >= 0.3 is 0 Å². The molecular formula is C18H28N2O2S. The van der Waals surface area contributed by atoms with Crippen LogP contribution in [0.25, 0.3) is 0 Å². The van der Waals surface area contributed by atoms with E-state index in [2.05, 4.69) is 39.6 Å². The Kier molecular flexibility index (Phi) is 4.10. The molecule has 1 aromatic rings. The van der Waals surface area contributed by atoms with E-state index in [9.17, 15) is 8.42 Å². The molecule has 2 saturated heterocycles. The SMILES string of the molecule is C[C@@H]1CC2CN(S(=O)(=O)c3ccc(C(C)(C)C)cc3)CC1N2C. The molecule has 2 aliphatic rings. The van der Waals surface area contributed by atoms with Crippen molar-refractivity contribution in [3.8, 4) is 0 Å². The predicted octanol–water partition coefficient (Wildman–Crippen LogP) is 2.70. The number of likely N-dealkylation sites (N-methyl/N-ethyl adjacent to an activating group) is 1. The minimum atomic E-state index is -3.39. The second-order valence-electron chi connectivity index (χ2n) is 8.20. The van der Waals surface area contributed by atoms with Crippen LogP contribution < -0.4 is 0 Å². The van der Waals surface area contributed by atoms with Crippen LogP contribution in [-0.4, -0.2) is 49.8 Å². The molecule has 23 heavy (non-hydrogen) atoms. The van der Waals surface area contributed by atoms with Gasteiger partial charge in [-0.05, 0) is 42.5 Å². The molecule has 0 amide bonds. The molecule has 2 fully saturated rings. The van der Waals surface area contributed by atoms with Gasteiger partial charge in [-0.25, -0.2) is 8.42 Å². The van der Waals surface area contributed by atoms with Gasteiger partial charge in [-0.1, -0.05) is 39.8 Å². The van der Waals surface area contributed by atoms with Gasteiger partial charge in [-0.3, -0.25) is 4.90 Å². The van der Waals surface area contributed by atoms with Crippen LogP contribution in [-0.2, 0) is 15.4 Å². The molecule has 0 aliphatic carbocycles. The standard InChI is InChI=1S/C18H28N2O2S/c1-13-10-15-11-20(12-17(13)19(15)5)23(21,22)16-8-6-14(7-9-16)18(2,3)4/h6-9,13,15,17H,10-12H2,1-5H3/t13-,15?,17?/m1/s1. The summed E-state index contributed by atoms with van der Waals surface area (Å²) in [6.45, 7) is 9.86. The van der Waals surface area contributed by atoms with E-state index in [0.717, 1.165) is 12.0 Å². The smallest absolute Gasteiger partial charge is 0.243 e. The van der Waals surface area contributed by atoms with Crippen molar-refractivity contribution in [2.75, 3.05) is 20.1 Å². The summed E-state index contributed by atoms with van der Waals surface area (Å²) in [6, 6.07) is 8.12. The van der Waals surface area contributed by atoms with E-state index in [-0.39, 0.29) is 5.41 Å². The van der Waals surface area contributed by atoms with Crippen molar-refractivity contribution >= 4 is 10.0 Å². The topological polar surface area (TPSA) is 40.6 Å². The molecule has 3 atom stereocenters. The number of hydrogen-bond acceptors (Lipinski definition) is 3. The highest BCUT2D eigenvalue weighted by Crippen LogP contribution is 2.35. The zero-order valence-corrected chi connectivity index (χ0v) is 15.6. The molecule has 0 radical (unpaired) electrons. The molecule has 2 heterocycles. The van der Waals surface area contributed by atoms with Gasteiger partial charge in [0.2, 0.25) is 10.0 Å². The lowest BCUT2D eigenvalue weighted by atomic mass is 9.87. The summed E-state index contributed by atoms with van der Waals surface area (Å²) in [5.41, 5.74) is 1.19. The molecule has 2 unspecified atom stereocenters. The summed E-state index contributed by atoms with van der Waals surface area (Å²) in [5, 5.41) is 0. The molecule has 0 aromatic heterocycles. The zero-order chi connectivity index (χ0) is 17.0. The van der Waals surface area contributed by atoms with Gasteiger partial charge in [0.25, 0.3) is 0 Å². The third-order valence-corrected chi connectivity index (χ3v) is 7.41. The summed E-state index contributed by atoms with van der Waals surface area (Å²) in [4.78, 5) is 2.78. The first kappa shape index (κ1) is 16.9. The van der Waals surface area contributed by atoms with E-state index in [4.69, 9.17) is 0 Å². The van der Waals surface area contributed by atoms with Gasteiger partial charge < -0.3 is 0 Å². The first-order chi connectivity index (χ1) is 10.6. The molecule has 0 spiro atoms. The van der Waals surface area contributed by atoms with Crippen LogP contribution >= 0.6 is 0 Å². The Morgan fingerprint density at radius 3 is 2.22 bits per heavy atom. The molecule has 128 valence electrons. The van der Waals surface area contributed by atoms with Crippen LogP contribution in [0.4, 0.5) is 0 Å². The number of hydrogen-bond donors (Lipinski definition) is 0. The van der Waals surface area contributed by atoms with Crippen LogP contribution in [0.3, 0.4) is 0 Å². The van der Waals surface area contributed by atoms with E-state index in [1.807, 2.05) is 12.1 Å². The van der Waals surface area contributed by atoms with Crippen molar-refractivity contribution in [1.29, 1.82) is 0 Å². The molecule has 0 N–H and O–H groups in total. The summed E-state index contributed by atoms with van der Waals surface area (Å²) < 4.78 is 27.7. The monoisotopic (exact) mass is 336 g/mol. The number of sulfonamides is 1. The van der Waals surface area contributed by atoms with Crippen molar-refractivity contribution in [1.82, 2.24) is 9.21 Å². The quantitative estimate of drug-likeness (QED) is 0.834. The Labute approximate surface area is 140 Å². The molecule has 1 aromatic carbocycles. The maximum Gasteiger partial charge on any atom is 0.243 e. The highest BCUT2D eigenvalue weighted by molar-refractivity contribution is 7.89. The molecule has 4 nitrogen and oxygen atoms in total. The average Bonchev–Trinajstić information content (AvgIpc) is 2.64. The zero-order valence-electron chi connectivity index (χ0n) is 14.8. The fourth-order valence-corrected chi connectivity index (χ4v) is 5.42. The fourth-order valence-electron chi connectivity index (χ4n) is 3.93. The molecule has 2 aliphatic heterocycles. The summed E-state index contributed by atoms with van der Waals surface area (Å²) in [7, 11) is -1.26. The maximum absolute atomic E-state index is 13.0. The van der Waals surface area contributed by atoms with Gasteiger partial charge in [-0.15, -0.1) is 0 Å². The molecule has 2 bridgehead atoms. The number of nitrogens with zero attached hydrogens (tertiary/aromatic N) is 2. The number of rotatable bonds is 2. The average molecular weight is 337 g/mol. The lowest BCUT2D eigenvalue weighted by Crippen LogP contribution is -2.54. The molecule has 3 rings (SSSR count). The Morgan fingerprint density at radius 2 is 1.70 bits per heavy atom. The molecule has 5 heteroatoms. The van der Waals surface area contributed by atoms with E-state index in [1.165, 1.54) is 0 Å². The van der Waals surface area contributed by atoms with Crippen LogP contribution in [0, 0.1) is 5.92 Å². The number of piperazine rings is 1. The van der Waals surface area contributed by atoms with Gasteiger partial charge in [0.15, 0.2) is 0 Å². The van der Waals surface area contributed by atoms with Crippen molar-refractivity contribution in [2.24, 2.45) is 5.92 Å². The Morgan fingerprint density at radius 1 is 1.09 bits per heavy atom. The molecule has 0 saturated carbocycles. The van der Waals surface area contributed by atoms with Crippen LogP contribution in [0.5, 0.6) is 0 Å². The Hall–Kier alpha value is -0.910. The van der Waals surface area contributed by atoms with E-state index in [0.29, 0.717) is 36.0 Å². The van der Waals surface area contributed by atoms with Gasteiger partial charge in [0, 0.05) is 25.2 Å². The minimum Gasteiger partial charge on any atom is -0.298 e. The highest BCUT2D eigenvalue weighted by Gasteiger charge is 2.45. The first-order valence-corrected chi connectivity index (χ1v) is 9.87. The van der Waals surface area contributed by atoms with Crippen molar-refractivity contribution in [2.45, 2.75) is 56.5 Å². The van der Waals surface area contributed by atoms with Gasteiger partial charge in [0.1, 0.15) is 0 Å². The summed E-state index contributed by atoms with van der Waals surface area (Å²) in [6.07, 6.45) is 1.09. The van der Waals surface area contributed by atoms with E-state index >= 15 is 0 Å². The van der Waals surface area contributed by atoms with Crippen molar-refractivity contribution in [3.05, 3.63) is 29.8 Å². The summed E-state index contributed by atoms with van der Waals surface area (Å²) >= 11 is 0. The Bertz CT molecular complexity index is 676. The second-order valence-corrected chi connectivity index (χ2v) is 10.1. The number of benzene rings is 1. The third kappa shape index (κ3) is 2.94. The lowest BCUT2D eigenvalue weighted by Gasteiger charge is -2.38. The number of fused-ring (bicyclic) bond motifs is 2. The first-order valence-electron chi connectivity index (χ1n) is 8.43.